The summed E-state index contributed by atoms with van der Waals surface area (Å²) >= 11 is 0. The molecule has 0 spiro atoms. The van der Waals surface area contributed by atoms with Crippen LogP contribution in [0.4, 0.5) is 13.2 Å². The van der Waals surface area contributed by atoms with Gasteiger partial charge in [-0.3, -0.25) is 4.79 Å². The summed E-state index contributed by atoms with van der Waals surface area (Å²) in [6, 6.07) is 4.36. The van der Waals surface area contributed by atoms with Crippen molar-refractivity contribution in [2.24, 2.45) is 0 Å². The van der Waals surface area contributed by atoms with Crippen LogP contribution in [0.5, 0.6) is 5.75 Å². The molecule has 0 aromatic heterocycles. The van der Waals surface area contributed by atoms with E-state index >= 15 is 0 Å². The van der Waals surface area contributed by atoms with Crippen LogP contribution in [0.15, 0.2) is 24.3 Å². The number of carbonyl (C=O) groups is 1. The van der Waals surface area contributed by atoms with E-state index in [1.807, 2.05) is 13.8 Å². The summed E-state index contributed by atoms with van der Waals surface area (Å²) in [6.45, 7) is 4.93. The van der Waals surface area contributed by atoms with Crippen molar-refractivity contribution in [1.29, 1.82) is 0 Å². The Kier molecular flexibility index (Phi) is 8.89. The molecule has 0 radical (unpaired) electrons. The van der Waals surface area contributed by atoms with E-state index in [-0.39, 0.29) is 36.7 Å². The SMILES string of the molecule is CCN[C@H](C)CNC(=O)COc1ccc(C(F)(F)F)cc1.Cl. The maximum atomic E-state index is 12.4. The molecule has 1 amide bonds. The largest absolute Gasteiger partial charge is 0.484 e. The summed E-state index contributed by atoms with van der Waals surface area (Å²) in [5, 5.41) is 5.80. The third-order valence-electron chi connectivity index (χ3n) is 2.71. The van der Waals surface area contributed by atoms with Gasteiger partial charge in [-0.25, -0.2) is 0 Å². The molecule has 0 aliphatic rings. The number of hydrogen-bond acceptors (Lipinski definition) is 3. The van der Waals surface area contributed by atoms with E-state index in [1.165, 1.54) is 12.1 Å². The molecule has 0 aliphatic heterocycles. The lowest BCUT2D eigenvalue weighted by Gasteiger charge is -2.13. The van der Waals surface area contributed by atoms with E-state index < -0.39 is 11.7 Å². The van der Waals surface area contributed by atoms with E-state index in [0.29, 0.717) is 6.54 Å². The highest BCUT2D eigenvalue weighted by Crippen LogP contribution is 2.30. The normalized spacial score (nSPS) is 12.2. The van der Waals surface area contributed by atoms with Crippen LogP contribution >= 0.6 is 12.4 Å². The lowest BCUT2D eigenvalue weighted by molar-refractivity contribution is -0.137. The number of rotatable bonds is 7. The highest BCUT2D eigenvalue weighted by atomic mass is 35.5. The molecule has 2 N–H and O–H groups in total. The average molecular weight is 341 g/mol. The smallest absolute Gasteiger partial charge is 0.416 e. The number of nitrogens with one attached hydrogen (secondary N) is 2. The molecule has 1 aromatic carbocycles. The monoisotopic (exact) mass is 340 g/mol. The molecule has 1 atom stereocenters. The molecular formula is C14H20ClF3N2O2. The minimum Gasteiger partial charge on any atom is -0.484 e. The van der Waals surface area contributed by atoms with Gasteiger partial charge in [0.05, 0.1) is 5.56 Å². The number of halogens is 4. The zero-order chi connectivity index (χ0) is 15.9. The number of benzene rings is 1. The molecular weight excluding hydrogens is 321 g/mol. The van der Waals surface area contributed by atoms with Crippen LogP contribution in [-0.2, 0) is 11.0 Å². The molecule has 0 saturated carbocycles. The van der Waals surface area contributed by atoms with Crippen LogP contribution in [0.1, 0.15) is 19.4 Å². The van der Waals surface area contributed by atoms with Crippen LogP contribution in [0.3, 0.4) is 0 Å². The molecule has 0 bridgehead atoms. The molecule has 0 heterocycles. The number of alkyl halides is 3. The van der Waals surface area contributed by atoms with Gasteiger partial charge in [-0.15, -0.1) is 12.4 Å². The molecule has 4 nitrogen and oxygen atoms in total. The summed E-state index contributed by atoms with van der Waals surface area (Å²) < 4.78 is 42.2. The number of likely N-dealkylation sites (N-methyl/N-ethyl adjacent to an activating group) is 1. The molecule has 126 valence electrons. The van der Waals surface area contributed by atoms with Crippen LogP contribution < -0.4 is 15.4 Å². The lowest BCUT2D eigenvalue weighted by Crippen LogP contribution is -2.40. The third kappa shape index (κ3) is 7.51. The molecule has 0 aliphatic carbocycles. The van der Waals surface area contributed by atoms with Gasteiger partial charge < -0.3 is 15.4 Å². The van der Waals surface area contributed by atoms with E-state index in [2.05, 4.69) is 10.6 Å². The first-order valence-electron chi connectivity index (χ1n) is 6.63. The number of hydrogen-bond donors (Lipinski definition) is 2. The zero-order valence-electron chi connectivity index (χ0n) is 12.4. The molecule has 0 saturated heterocycles. The van der Waals surface area contributed by atoms with Crippen LogP contribution in [0.25, 0.3) is 0 Å². The zero-order valence-corrected chi connectivity index (χ0v) is 13.2. The summed E-state index contributed by atoms with van der Waals surface area (Å²) in [6.07, 6.45) is -4.38. The number of amides is 1. The maximum absolute atomic E-state index is 12.4. The predicted molar refractivity (Wildman–Crippen MR) is 80.3 cm³/mol. The summed E-state index contributed by atoms with van der Waals surface area (Å²) in [7, 11) is 0. The first-order valence-corrected chi connectivity index (χ1v) is 6.63. The van der Waals surface area contributed by atoms with Gasteiger partial charge in [0.15, 0.2) is 6.61 Å². The van der Waals surface area contributed by atoms with Gasteiger partial charge in [-0.2, -0.15) is 13.2 Å². The standard InChI is InChI=1S/C14H19F3N2O2.ClH/c1-3-18-10(2)8-19-13(20)9-21-12-6-4-11(5-7-12)14(15,16)17;/h4-7,10,18H,3,8-9H2,1-2H3,(H,19,20);1H/t10-;/m1./s1. The van der Waals surface area contributed by atoms with Crippen molar-refractivity contribution in [3.05, 3.63) is 29.8 Å². The van der Waals surface area contributed by atoms with Gasteiger partial charge in [0.25, 0.3) is 5.91 Å². The van der Waals surface area contributed by atoms with Crippen molar-refractivity contribution < 1.29 is 22.7 Å². The van der Waals surface area contributed by atoms with Crippen LogP contribution in [-0.4, -0.2) is 31.6 Å². The first kappa shape index (κ1) is 20.5. The van der Waals surface area contributed by atoms with E-state index in [0.717, 1.165) is 18.7 Å². The number of carbonyl (C=O) groups excluding carboxylic acids is 1. The Morgan fingerprint density at radius 1 is 1.27 bits per heavy atom. The minimum atomic E-state index is -4.38. The van der Waals surface area contributed by atoms with Gasteiger partial charge in [0.1, 0.15) is 5.75 Å². The summed E-state index contributed by atoms with van der Waals surface area (Å²) in [5.41, 5.74) is -0.751. The molecule has 1 rings (SSSR count). The maximum Gasteiger partial charge on any atom is 0.416 e. The third-order valence-corrected chi connectivity index (χ3v) is 2.71. The number of ether oxygens (including phenoxy) is 1. The second-order valence-electron chi connectivity index (χ2n) is 4.57. The second kappa shape index (κ2) is 9.53. The van der Waals surface area contributed by atoms with Crippen molar-refractivity contribution in [2.75, 3.05) is 19.7 Å². The topological polar surface area (TPSA) is 50.4 Å². The van der Waals surface area contributed by atoms with Gasteiger partial charge in [-0.05, 0) is 37.7 Å². The Bertz CT molecular complexity index is 452. The van der Waals surface area contributed by atoms with E-state index in [1.54, 1.807) is 0 Å². The fraction of sp³-hybridized carbons (Fsp3) is 0.500. The Balaban J connectivity index is 0.00000441. The quantitative estimate of drug-likeness (QED) is 0.802. The van der Waals surface area contributed by atoms with Crippen molar-refractivity contribution >= 4 is 18.3 Å². The molecule has 0 fully saturated rings. The molecule has 22 heavy (non-hydrogen) atoms. The predicted octanol–water partition coefficient (Wildman–Crippen LogP) is 2.62. The average Bonchev–Trinajstić information content (AvgIpc) is 2.43. The van der Waals surface area contributed by atoms with Gasteiger partial charge in [0, 0.05) is 12.6 Å². The van der Waals surface area contributed by atoms with Crippen LogP contribution in [0, 0.1) is 0 Å². The highest BCUT2D eigenvalue weighted by molar-refractivity contribution is 5.85. The van der Waals surface area contributed by atoms with E-state index in [4.69, 9.17) is 4.74 Å². The van der Waals surface area contributed by atoms with Gasteiger partial charge >= 0.3 is 6.18 Å². The van der Waals surface area contributed by atoms with Crippen molar-refractivity contribution in [1.82, 2.24) is 10.6 Å². The highest BCUT2D eigenvalue weighted by Gasteiger charge is 2.30. The Morgan fingerprint density at radius 3 is 2.36 bits per heavy atom. The Morgan fingerprint density at radius 2 is 1.86 bits per heavy atom. The Hall–Kier alpha value is -1.47. The minimum absolute atomic E-state index is 0. The van der Waals surface area contributed by atoms with Crippen LogP contribution in [0.2, 0.25) is 0 Å². The summed E-state index contributed by atoms with van der Waals surface area (Å²) in [5.74, 6) is -0.0995. The van der Waals surface area contributed by atoms with E-state index in [9.17, 15) is 18.0 Å². The first-order chi connectivity index (χ1) is 9.82. The molecule has 8 heteroatoms. The fourth-order valence-electron chi connectivity index (χ4n) is 1.63. The van der Waals surface area contributed by atoms with Gasteiger partial charge in [0.2, 0.25) is 0 Å². The molecule has 1 aromatic rings. The second-order valence-corrected chi connectivity index (χ2v) is 4.57. The fourth-order valence-corrected chi connectivity index (χ4v) is 1.63. The van der Waals surface area contributed by atoms with Crippen molar-refractivity contribution in [2.45, 2.75) is 26.1 Å². The van der Waals surface area contributed by atoms with Crippen molar-refractivity contribution in [3.8, 4) is 5.75 Å². The lowest BCUT2D eigenvalue weighted by atomic mass is 10.2. The summed E-state index contributed by atoms with van der Waals surface area (Å²) in [4.78, 5) is 11.5. The Labute approximate surface area is 133 Å². The molecule has 0 unspecified atom stereocenters. The van der Waals surface area contributed by atoms with Crippen molar-refractivity contribution in [3.63, 3.8) is 0 Å². The van der Waals surface area contributed by atoms with Gasteiger partial charge in [-0.1, -0.05) is 6.92 Å².